The number of hydrogen-bond donors (Lipinski definition) is 2. The molecular weight excluding hydrogens is 219 g/mol. The number of benzene rings is 1. The molecule has 0 aliphatic rings. The van der Waals surface area contributed by atoms with Gasteiger partial charge in [-0.05, 0) is 51.5 Å². The van der Waals surface area contributed by atoms with E-state index in [1.165, 1.54) is 12.1 Å². The van der Waals surface area contributed by atoms with Gasteiger partial charge < -0.3 is 11.1 Å². The lowest BCUT2D eigenvalue weighted by Gasteiger charge is -2.30. The van der Waals surface area contributed by atoms with Crippen LogP contribution in [0.4, 0.5) is 4.39 Å². The van der Waals surface area contributed by atoms with Gasteiger partial charge in [0.1, 0.15) is 5.82 Å². The van der Waals surface area contributed by atoms with Crippen molar-refractivity contribution in [2.75, 3.05) is 0 Å². The molecule has 0 bridgehead atoms. The van der Waals surface area contributed by atoms with Gasteiger partial charge in [-0.15, -0.1) is 0 Å². The molecular formula is C13H19FN2O. The number of aryl methyl sites for hydroxylation is 1. The van der Waals surface area contributed by atoms with Crippen LogP contribution in [0.15, 0.2) is 18.2 Å². The van der Waals surface area contributed by atoms with E-state index in [-0.39, 0.29) is 11.9 Å². The highest BCUT2D eigenvalue weighted by Crippen LogP contribution is 2.12. The lowest BCUT2D eigenvalue weighted by molar-refractivity contribution is 0.0903. The highest BCUT2D eigenvalue weighted by atomic mass is 19.1. The molecule has 94 valence electrons. The Hall–Kier alpha value is -1.42. The molecule has 0 fully saturated rings. The van der Waals surface area contributed by atoms with Crippen molar-refractivity contribution in [2.45, 2.75) is 39.3 Å². The van der Waals surface area contributed by atoms with Gasteiger partial charge in [-0.25, -0.2) is 4.39 Å². The summed E-state index contributed by atoms with van der Waals surface area (Å²) < 4.78 is 13.2. The normalized spacial score (nSPS) is 13.3. The van der Waals surface area contributed by atoms with Gasteiger partial charge in [0.15, 0.2) is 0 Å². The van der Waals surface area contributed by atoms with E-state index >= 15 is 0 Å². The van der Waals surface area contributed by atoms with Gasteiger partial charge in [0.25, 0.3) is 5.91 Å². The molecule has 1 atom stereocenters. The monoisotopic (exact) mass is 238 g/mol. The Labute approximate surface area is 101 Å². The summed E-state index contributed by atoms with van der Waals surface area (Å²) in [6.07, 6.45) is 0. The van der Waals surface area contributed by atoms with Crippen LogP contribution in [-0.2, 0) is 0 Å². The Kier molecular flexibility index (Phi) is 3.88. The van der Waals surface area contributed by atoms with Crippen LogP contribution in [0.3, 0.4) is 0 Å². The Morgan fingerprint density at radius 2 is 2.00 bits per heavy atom. The Morgan fingerprint density at radius 1 is 1.41 bits per heavy atom. The standard InChI is InChI=1S/C13H19FN2O/c1-8-5-10(7-11(14)6-8)12(17)16-13(3,4)9(2)15/h5-7,9H,15H2,1-4H3,(H,16,17). The van der Waals surface area contributed by atoms with Crippen LogP contribution >= 0.6 is 0 Å². The summed E-state index contributed by atoms with van der Waals surface area (Å²) in [7, 11) is 0. The zero-order valence-electron chi connectivity index (χ0n) is 10.7. The van der Waals surface area contributed by atoms with E-state index < -0.39 is 11.4 Å². The zero-order chi connectivity index (χ0) is 13.2. The van der Waals surface area contributed by atoms with Crippen LogP contribution in [-0.4, -0.2) is 17.5 Å². The molecule has 0 spiro atoms. The molecule has 0 aliphatic carbocycles. The maximum absolute atomic E-state index is 13.2. The number of halogens is 1. The van der Waals surface area contributed by atoms with Crippen LogP contribution in [0.5, 0.6) is 0 Å². The molecule has 1 unspecified atom stereocenters. The largest absolute Gasteiger partial charge is 0.346 e. The zero-order valence-corrected chi connectivity index (χ0v) is 10.7. The molecule has 1 aromatic carbocycles. The third-order valence-electron chi connectivity index (χ3n) is 2.88. The van der Waals surface area contributed by atoms with Crippen LogP contribution in [0.2, 0.25) is 0 Å². The first-order chi connectivity index (χ1) is 7.72. The van der Waals surface area contributed by atoms with Crippen molar-refractivity contribution in [2.24, 2.45) is 5.73 Å². The molecule has 3 N–H and O–H groups in total. The minimum absolute atomic E-state index is 0.193. The Morgan fingerprint density at radius 3 is 2.47 bits per heavy atom. The summed E-state index contributed by atoms with van der Waals surface area (Å²) in [5.74, 6) is -0.719. The molecule has 0 aliphatic heterocycles. The summed E-state index contributed by atoms with van der Waals surface area (Å²) in [5, 5.41) is 2.80. The van der Waals surface area contributed by atoms with E-state index in [2.05, 4.69) is 5.32 Å². The number of nitrogens with one attached hydrogen (secondary N) is 1. The van der Waals surface area contributed by atoms with Crippen LogP contribution in [0.1, 0.15) is 36.7 Å². The summed E-state index contributed by atoms with van der Waals surface area (Å²) in [5.41, 5.74) is 6.27. The smallest absolute Gasteiger partial charge is 0.251 e. The van der Waals surface area contributed by atoms with E-state index in [9.17, 15) is 9.18 Å². The van der Waals surface area contributed by atoms with Crippen molar-refractivity contribution < 1.29 is 9.18 Å². The van der Waals surface area contributed by atoms with Crippen molar-refractivity contribution >= 4 is 5.91 Å². The number of amides is 1. The first-order valence-electron chi connectivity index (χ1n) is 5.57. The Balaban J connectivity index is 2.91. The third-order valence-corrected chi connectivity index (χ3v) is 2.88. The lowest BCUT2D eigenvalue weighted by atomic mass is 9.96. The molecule has 0 radical (unpaired) electrons. The fraction of sp³-hybridized carbons (Fsp3) is 0.462. The van der Waals surface area contributed by atoms with E-state index in [1.807, 2.05) is 20.8 Å². The van der Waals surface area contributed by atoms with Crippen molar-refractivity contribution in [1.29, 1.82) is 0 Å². The molecule has 0 saturated carbocycles. The second-order valence-corrected chi connectivity index (χ2v) is 4.98. The molecule has 0 saturated heterocycles. The molecule has 1 aromatic rings. The van der Waals surface area contributed by atoms with Crippen LogP contribution in [0.25, 0.3) is 0 Å². The van der Waals surface area contributed by atoms with Gasteiger partial charge in [0.05, 0.1) is 0 Å². The van der Waals surface area contributed by atoms with E-state index in [4.69, 9.17) is 5.73 Å². The van der Waals surface area contributed by atoms with Crippen LogP contribution < -0.4 is 11.1 Å². The van der Waals surface area contributed by atoms with Crippen molar-refractivity contribution in [1.82, 2.24) is 5.32 Å². The molecule has 4 heteroatoms. The molecule has 3 nitrogen and oxygen atoms in total. The highest BCUT2D eigenvalue weighted by Gasteiger charge is 2.25. The predicted octanol–water partition coefficient (Wildman–Crippen LogP) is 1.99. The first kappa shape index (κ1) is 13.6. The molecule has 17 heavy (non-hydrogen) atoms. The minimum atomic E-state index is -0.530. The molecule has 0 heterocycles. The van der Waals surface area contributed by atoms with Gasteiger partial charge in [-0.2, -0.15) is 0 Å². The highest BCUT2D eigenvalue weighted by molar-refractivity contribution is 5.94. The summed E-state index contributed by atoms with van der Waals surface area (Å²) in [4.78, 5) is 11.9. The van der Waals surface area contributed by atoms with E-state index in [0.29, 0.717) is 11.1 Å². The van der Waals surface area contributed by atoms with Gasteiger partial charge in [-0.3, -0.25) is 4.79 Å². The summed E-state index contributed by atoms with van der Waals surface area (Å²) in [6.45, 7) is 7.23. The number of rotatable bonds is 3. The molecule has 1 amide bonds. The maximum atomic E-state index is 13.2. The van der Waals surface area contributed by atoms with Crippen molar-refractivity contribution in [3.05, 3.63) is 35.1 Å². The quantitative estimate of drug-likeness (QED) is 0.846. The average molecular weight is 238 g/mol. The number of nitrogens with two attached hydrogens (primary N) is 1. The second kappa shape index (κ2) is 4.84. The third kappa shape index (κ3) is 3.53. The Bertz CT molecular complexity index is 407. The summed E-state index contributed by atoms with van der Waals surface area (Å²) >= 11 is 0. The predicted molar refractivity (Wildman–Crippen MR) is 66.3 cm³/mol. The number of carbonyl (C=O) groups is 1. The topological polar surface area (TPSA) is 55.1 Å². The van der Waals surface area contributed by atoms with Crippen molar-refractivity contribution in [3.63, 3.8) is 0 Å². The van der Waals surface area contributed by atoms with Crippen LogP contribution in [0, 0.1) is 12.7 Å². The van der Waals surface area contributed by atoms with E-state index in [0.717, 1.165) is 0 Å². The fourth-order valence-corrected chi connectivity index (χ4v) is 1.35. The van der Waals surface area contributed by atoms with E-state index in [1.54, 1.807) is 13.0 Å². The fourth-order valence-electron chi connectivity index (χ4n) is 1.35. The number of carbonyl (C=O) groups excluding carboxylic acids is 1. The second-order valence-electron chi connectivity index (χ2n) is 4.98. The minimum Gasteiger partial charge on any atom is -0.346 e. The first-order valence-corrected chi connectivity index (χ1v) is 5.57. The maximum Gasteiger partial charge on any atom is 0.251 e. The number of hydrogen-bond acceptors (Lipinski definition) is 2. The van der Waals surface area contributed by atoms with Gasteiger partial charge in [-0.1, -0.05) is 0 Å². The molecule has 1 rings (SSSR count). The van der Waals surface area contributed by atoms with Crippen molar-refractivity contribution in [3.8, 4) is 0 Å². The van der Waals surface area contributed by atoms with Gasteiger partial charge in [0, 0.05) is 17.1 Å². The molecule has 0 aromatic heterocycles. The summed E-state index contributed by atoms with van der Waals surface area (Å²) in [6, 6.07) is 4.06. The lowest BCUT2D eigenvalue weighted by Crippen LogP contribution is -2.54. The average Bonchev–Trinajstić information content (AvgIpc) is 2.15. The van der Waals surface area contributed by atoms with Gasteiger partial charge in [0.2, 0.25) is 0 Å². The SMILES string of the molecule is Cc1cc(F)cc(C(=O)NC(C)(C)C(C)N)c1. The van der Waals surface area contributed by atoms with Gasteiger partial charge >= 0.3 is 0 Å².